The second-order valence-electron chi connectivity index (χ2n) is 7.68. The van der Waals surface area contributed by atoms with Crippen molar-refractivity contribution in [3.05, 3.63) is 52.2 Å². The number of amides is 3. The van der Waals surface area contributed by atoms with Crippen LogP contribution in [0.3, 0.4) is 0 Å². The predicted molar refractivity (Wildman–Crippen MR) is 144 cm³/mol. The lowest BCUT2D eigenvalue weighted by molar-refractivity contribution is -0.152. The maximum Gasteiger partial charge on any atom is 0.330 e. The summed E-state index contributed by atoms with van der Waals surface area (Å²) in [6, 6.07) is 3.40. The van der Waals surface area contributed by atoms with Gasteiger partial charge in [0.25, 0.3) is 17.7 Å². The third-order valence-corrected chi connectivity index (χ3v) is 10.1. The van der Waals surface area contributed by atoms with Crippen molar-refractivity contribution in [3.8, 4) is 5.75 Å². The third kappa shape index (κ3) is 5.46. The molecule has 8 nitrogen and oxygen atoms in total. The van der Waals surface area contributed by atoms with Gasteiger partial charge in [-0.15, -0.1) is 0 Å². The number of ether oxygens (including phenoxy) is 2. The second kappa shape index (κ2) is 11.3. The minimum atomic E-state index is -1.26. The molecule has 0 bridgehead atoms. The zero-order chi connectivity index (χ0) is 26.2. The lowest BCUT2D eigenvalue weighted by atomic mass is 10.0. The van der Waals surface area contributed by atoms with Crippen LogP contribution in [0.5, 0.6) is 5.75 Å². The van der Waals surface area contributed by atoms with Crippen molar-refractivity contribution in [2.24, 2.45) is 5.92 Å². The number of halogens is 5. The fourth-order valence-electron chi connectivity index (χ4n) is 3.48. The zero-order valence-electron chi connectivity index (χ0n) is 18.4. The summed E-state index contributed by atoms with van der Waals surface area (Å²) in [5.41, 5.74) is 0.523. The van der Waals surface area contributed by atoms with Crippen molar-refractivity contribution >= 4 is 105 Å². The lowest BCUT2D eigenvalue weighted by Crippen LogP contribution is -2.49. The van der Waals surface area contributed by atoms with E-state index in [1.54, 1.807) is 26.0 Å². The molecule has 35 heavy (non-hydrogen) atoms. The molecule has 0 radical (unpaired) electrons. The van der Waals surface area contributed by atoms with Crippen molar-refractivity contribution < 1.29 is 28.7 Å². The van der Waals surface area contributed by atoms with E-state index in [1.807, 2.05) is 0 Å². The second-order valence-corrected chi connectivity index (χ2v) is 11.3. The summed E-state index contributed by atoms with van der Waals surface area (Å²) in [5, 5.41) is 2.93. The van der Waals surface area contributed by atoms with Crippen molar-refractivity contribution in [2.45, 2.75) is 19.9 Å². The number of fused-ring (bicyclic) bond motifs is 1. The highest BCUT2D eigenvalue weighted by Crippen LogP contribution is 2.46. The topological polar surface area (TPSA) is 102 Å². The summed E-state index contributed by atoms with van der Waals surface area (Å²) in [4.78, 5) is 52.9. The number of nitrogens with zero attached hydrogens (tertiary/aromatic N) is 1. The quantitative estimate of drug-likeness (QED) is 0.156. The van der Waals surface area contributed by atoms with Gasteiger partial charge in [-0.3, -0.25) is 19.3 Å². The van der Waals surface area contributed by atoms with Gasteiger partial charge in [-0.1, -0.05) is 25.4 Å². The molecule has 0 saturated carbocycles. The number of hydrogen-bond donors (Lipinski definition) is 1. The van der Waals surface area contributed by atoms with E-state index in [2.05, 4.69) is 69.0 Å². The fourth-order valence-corrected chi connectivity index (χ4v) is 6.11. The molecule has 1 heterocycles. The molecule has 0 saturated heterocycles. The Kier molecular flexibility index (Phi) is 9.06. The number of methoxy groups -OCH3 is 1. The first-order chi connectivity index (χ1) is 16.4. The van der Waals surface area contributed by atoms with Crippen molar-refractivity contribution in [3.63, 3.8) is 0 Å². The Bertz CT molecular complexity index is 1210. The number of rotatable bonds is 7. The number of nitrogens with one attached hydrogen (secondary N) is 1. The molecule has 2 aromatic rings. The van der Waals surface area contributed by atoms with E-state index in [4.69, 9.17) is 21.1 Å². The van der Waals surface area contributed by atoms with Crippen LogP contribution < -0.4 is 10.1 Å². The molecule has 1 atom stereocenters. The summed E-state index contributed by atoms with van der Waals surface area (Å²) >= 11 is 19.4. The van der Waals surface area contributed by atoms with Crippen LogP contribution in [-0.4, -0.2) is 48.3 Å². The summed E-state index contributed by atoms with van der Waals surface area (Å²) in [5.74, 6) is -2.99. The smallest absolute Gasteiger partial charge is 0.330 e. The SMILES string of the molecule is COc1ccc(Cl)cc1NC(=O)COC(=O)[C@@H](C(C)C)N1C(=O)c2c(Br)c(Br)c(Br)c(Br)c2C1=O. The first-order valence-corrected chi connectivity index (χ1v) is 13.5. The highest BCUT2D eigenvalue weighted by atomic mass is 79.9. The molecule has 1 aliphatic rings. The number of hydrogen-bond acceptors (Lipinski definition) is 6. The van der Waals surface area contributed by atoms with E-state index in [1.165, 1.54) is 13.2 Å². The van der Waals surface area contributed by atoms with Gasteiger partial charge in [0.2, 0.25) is 0 Å². The molecule has 3 amide bonds. The molecule has 0 aliphatic carbocycles. The average Bonchev–Trinajstić information content (AvgIpc) is 3.05. The minimum Gasteiger partial charge on any atom is -0.495 e. The Balaban J connectivity index is 1.81. The number of esters is 1. The highest BCUT2D eigenvalue weighted by Gasteiger charge is 2.47. The van der Waals surface area contributed by atoms with Crippen LogP contribution in [0.2, 0.25) is 5.02 Å². The Morgan fingerprint density at radius 3 is 2.03 bits per heavy atom. The zero-order valence-corrected chi connectivity index (χ0v) is 25.5. The Labute approximate surface area is 239 Å². The average molecular weight is 760 g/mol. The van der Waals surface area contributed by atoms with E-state index in [-0.39, 0.29) is 11.1 Å². The van der Waals surface area contributed by atoms with Crippen LogP contribution in [0.15, 0.2) is 36.1 Å². The standard InChI is InChI=1S/C22H17Br4ClN2O6/c1-8(2)19(22(33)35-7-12(30)28-10-6-9(27)4-5-11(10)34-3)29-20(31)13-14(21(29)32)16(24)18(26)17(25)15(13)23/h4-6,8,19H,7H2,1-3H3,(H,28,30)/t19-/m1/s1. The molecular formula is C22H17Br4ClN2O6. The van der Waals surface area contributed by atoms with Crippen LogP contribution in [-0.2, 0) is 14.3 Å². The first-order valence-electron chi connectivity index (χ1n) is 9.94. The molecule has 0 unspecified atom stereocenters. The van der Waals surface area contributed by atoms with Crippen molar-refractivity contribution in [1.82, 2.24) is 4.90 Å². The highest BCUT2D eigenvalue weighted by molar-refractivity contribution is 9.15. The molecule has 13 heteroatoms. The van der Waals surface area contributed by atoms with Gasteiger partial charge in [-0.2, -0.15) is 0 Å². The lowest BCUT2D eigenvalue weighted by Gasteiger charge is -2.27. The van der Waals surface area contributed by atoms with Crippen LogP contribution in [0, 0.1) is 5.92 Å². The number of anilines is 1. The molecule has 0 spiro atoms. The fraction of sp³-hybridized carbons (Fsp3) is 0.273. The van der Waals surface area contributed by atoms with Gasteiger partial charge < -0.3 is 14.8 Å². The van der Waals surface area contributed by atoms with Gasteiger partial charge in [0, 0.05) is 22.9 Å². The molecular weight excluding hydrogens is 743 g/mol. The van der Waals surface area contributed by atoms with Crippen LogP contribution >= 0.6 is 75.3 Å². The number of carbonyl (C=O) groups is 4. The monoisotopic (exact) mass is 756 g/mol. The summed E-state index contributed by atoms with van der Waals surface area (Å²) in [6.45, 7) is 2.69. The summed E-state index contributed by atoms with van der Waals surface area (Å²) in [6.07, 6.45) is 0. The molecule has 3 rings (SSSR count). The Morgan fingerprint density at radius 2 is 1.54 bits per heavy atom. The maximum absolute atomic E-state index is 13.3. The molecule has 0 fully saturated rings. The Morgan fingerprint density at radius 1 is 1.00 bits per heavy atom. The van der Waals surface area contributed by atoms with Gasteiger partial charge in [-0.25, -0.2) is 4.79 Å². The van der Waals surface area contributed by atoms with Crippen LogP contribution in [0.25, 0.3) is 0 Å². The number of benzene rings is 2. The van der Waals surface area contributed by atoms with Gasteiger partial charge in [0.15, 0.2) is 6.61 Å². The van der Waals surface area contributed by atoms with Gasteiger partial charge in [-0.05, 0) is 87.8 Å². The van der Waals surface area contributed by atoms with Crippen LogP contribution in [0.1, 0.15) is 34.6 Å². The summed E-state index contributed by atoms with van der Waals surface area (Å²) < 4.78 is 12.2. The van der Waals surface area contributed by atoms with E-state index >= 15 is 0 Å². The third-order valence-electron chi connectivity index (χ3n) is 5.06. The van der Waals surface area contributed by atoms with E-state index in [0.717, 1.165) is 4.90 Å². The number of carbonyl (C=O) groups excluding carboxylic acids is 4. The van der Waals surface area contributed by atoms with Gasteiger partial charge in [0.05, 0.1) is 23.9 Å². The van der Waals surface area contributed by atoms with Crippen molar-refractivity contribution in [1.29, 1.82) is 0 Å². The van der Waals surface area contributed by atoms with Gasteiger partial charge >= 0.3 is 5.97 Å². The largest absolute Gasteiger partial charge is 0.495 e. The number of imide groups is 1. The minimum absolute atomic E-state index is 0.112. The molecule has 1 aliphatic heterocycles. The van der Waals surface area contributed by atoms with Crippen LogP contribution in [0.4, 0.5) is 5.69 Å². The van der Waals surface area contributed by atoms with Crippen molar-refractivity contribution in [2.75, 3.05) is 19.0 Å². The maximum atomic E-state index is 13.3. The Hall–Kier alpha value is -1.47. The predicted octanol–water partition coefficient (Wildman–Crippen LogP) is 6.20. The van der Waals surface area contributed by atoms with Gasteiger partial charge in [0.1, 0.15) is 11.8 Å². The summed E-state index contributed by atoms with van der Waals surface area (Å²) in [7, 11) is 1.43. The van der Waals surface area contributed by atoms with E-state index in [9.17, 15) is 19.2 Å². The van der Waals surface area contributed by atoms with E-state index in [0.29, 0.717) is 34.4 Å². The normalized spacial score (nSPS) is 13.7. The molecule has 2 aromatic carbocycles. The molecule has 0 aromatic heterocycles. The molecule has 186 valence electrons. The van der Waals surface area contributed by atoms with E-state index < -0.39 is 42.3 Å². The molecule has 1 N–H and O–H groups in total. The first kappa shape index (κ1) is 28.1.